The minimum atomic E-state index is 0. The normalized spacial score (nSPS) is 17.2. The maximum absolute atomic E-state index is 12.2. The van der Waals surface area contributed by atoms with Crippen LogP contribution in [0.1, 0.15) is 44.1 Å². The largest absolute Gasteiger partial charge is 0.343 e. The van der Waals surface area contributed by atoms with Gasteiger partial charge in [0.05, 0.1) is 0 Å². The number of ketones is 1. The van der Waals surface area contributed by atoms with Gasteiger partial charge < -0.3 is 11.8 Å². The summed E-state index contributed by atoms with van der Waals surface area (Å²) >= 11 is 1.85. The molecule has 0 aromatic heterocycles. The number of hydrogen-bond acceptors (Lipinski definition) is 3. The topological polar surface area (TPSA) is 37.4 Å². The summed E-state index contributed by atoms with van der Waals surface area (Å²) in [5, 5.41) is 0. The smallest absolute Gasteiger partial charge is 0.222 e. The summed E-state index contributed by atoms with van der Waals surface area (Å²) in [4.78, 5) is 26.5. The third-order valence-electron chi connectivity index (χ3n) is 4.45. The van der Waals surface area contributed by atoms with Crippen molar-refractivity contribution in [1.29, 1.82) is 0 Å². The van der Waals surface area contributed by atoms with Gasteiger partial charge in [0.2, 0.25) is 5.91 Å². The second-order valence-corrected chi connectivity index (χ2v) is 7.56. The number of amides is 1. The Morgan fingerprint density at radius 3 is 2.72 bits per heavy atom. The van der Waals surface area contributed by atoms with Crippen molar-refractivity contribution in [2.75, 3.05) is 18.1 Å². The third-order valence-corrected chi connectivity index (χ3v) is 5.50. The van der Waals surface area contributed by atoms with Gasteiger partial charge in [0, 0.05) is 70.3 Å². The van der Waals surface area contributed by atoms with Crippen LogP contribution >= 0.6 is 11.8 Å². The molecule has 1 aliphatic heterocycles. The predicted octanol–water partition coefficient (Wildman–Crippen LogP) is 3.91. The number of rotatable bonds is 10. The number of hydrogen-bond donors (Lipinski definition) is 0. The zero-order valence-corrected chi connectivity index (χ0v) is 18.6. The molecule has 1 aromatic rings. The van der Waals surface area contributed by atoms with Crippen molar-refractivity contribution in [3.05, 3.63) is 42.8 Å². The van der Waals surface area contributed by atoms with Gasteiger partial charge in [-0.05, 0) is 30.6 Å². The Kier molecular flexibility index (Phi) is 11.9. The molecule has 0 N–H and O–H groups in total. The van der Waals surface area contributed by atoms with Crippen molar-refractivity contribution < 1.29 is 42.3 Å². The van der Waals surface area contributed by atoms with Crippen molar-refractivity contribution in [2.24, 2.45) is 0 Å². The average Bonchev–Trinajstić information content (AvgIpc) is 2.59. The predicted molar refractivity (Wildman–Crippen MR) is 101 cm³/mol. The van der Waals surface area contributed by atoms with E-state index in [1.807, 2.05) is 47.0 Å². The van der Waals surface area contributed by atoms with Gasteiger partial charge in [-0.3, -0.25) is 9.59 Å². The molecule has 1 fully saturated rings. The summed E-state index contributed by atoms with van der Waals surface area (Å²) in [6, 6.07) is 10.1. The van der Waals surface area contributed by atoms with E-state index in [9.17, 15) is 9.59 Å². The van der Waals surface area contributed by atoms with Gasteiger partial charge in [-0.2, -0.15) is 18.2 Å². The molecule has 0 saturated carbocycles. The van der Waals surface area contributed by atoms with Crippen LogP contribution in [0.3, 0.4) is 0 Å². The molecular formula is C20H28NO2SY-. The molecule has 3 nitrogen and oxygen atoms in total. The molecule has 0 bridgehead atoms. The van der Waals surface area contributed by atoms with Crippen LogP contribution in [0.4, 0.5) is 0 Å². The average molecular weight is 435 g/mol. The number of Topliss-reactive ketones (excluding diaryl/α,β-unsaturated/α-hetero) is 1. The van der Waals surface area contributed by atoms with Gasteiger partial charge in [-0.25, -0.2) is 0 Å². The Morgan fingerprint density at radius 1 is 1.24 bits per heavy atom. The second-order valence-electron chi connectivity index (χ2n) is 6.34. The maximum atomic E-state index is 12.2. The molecule has 0 spiro atoms. The zero-order valence-electron chi connectivity index (χ0n) is 15.0. The fourth-order valence-electron chi connectivity index (χ4n) is 3.21. The summed E-state index contributed by atoms with van der Waals surface area (Å²) in [7, 11) is 0. The van der Waals surface area contributed by atoms with E-state index >= 15 is 0 Å². The second kappa shape index (κ2) is 13.1. The minimum absolute atomic E-state index is 0. The quantitative estimate of drug-likeness (QED) is 0.413. The summed E-state index contributed by atoms with van der Waals surface area (Å²) in [5.74, 6) is 2.54. The molecule has 5 heteroatoms. The molecule has 0 aliphatic carbocycles. The van der Waals surface area contributed by atoms with Crippen LogP contribution in [-0.4, -0.2) is 40.7 Å². The standard InChI is InChI=1S/C20H28NO2S.Y/c1-2-14-24-15-13-21-18(9-6-10-20(21)23)11-12-19(22)16-17-7-4-3-5-8-17;/h3-5,7-8,18H,1-2,6,9-16H2;/q-1;/t18-;/m1./s1. The number of thioether (sulfide) groups is 1. The first kappa shape index (κ1) is 22.9. The number of piperidine rings is 1. The molecular weight excluding hydrogens is 407 g/mol. The van der Waals surface area contributed by atoms with Crippen LogP contribution in [0.5, 0.6) is 0 Å². The first-order chi connectivity index (χ1) is 11.7. The van der Waals surface area contributed by atoms with Gasteiger partial charge in [0.25, 0.3) is 0 Å². The Bertz CT molecular complexity index is 524. The van der Waals surface area contributed by atoms with E-state index < -0.39 is 0 Å². The van der Waals surface area contributed by atoms with Gasteiger partial charge >= 0.3 is 0 Å². The minimum Gasteiger partial charge on any atom is -0.343 e. The van der Waals surface area contributed by atoms with E-state index in [1.165, 1.54) is 0 Å². The van der Waals surface area contributed by atoms with Crippen molar-refractivity contribution in [1.82, 2.24) is 4.90 Å². The molecule has 135 valence electrons. The maximum Gasteiger partial charge on any atom is 0.222 e. The van der Waals surface area contributed by atoms with Gasteiger partial charge in [-0.15, -0.1) is 0 Å². The molecule has 1 aromatic carbocycles. The SMILES string of the molecule is [CH2-]CCSCCN1C(=O)CCC[C@@H]1CCC(=O)Cc1ccccc1.[Y]. The molecule has 1 radical (unpaired) electrons. The Balaban J connectivity index is 0.00000312. The summed E-state index contributed by atoms with van der Waals surface area (Å²) in [6.07, 6.45) is 5.45. The van der Waals surface area contributed by atoms with E-state index in [0.717, 1.165) is 49.3 Å². The van der Waals surface area contributed by atoms with E-state index in [2.05, 4.69) is 6.92 Å². The molecule has 1 aliphatic rings. The van der Waals surface area contributed by atoms with Crippen molar-refractivity contribution in [2.45, 2.75) is 51.0 Å². The van der Waals surface area contributed by atoms with Crippen LogP contribution in [0, 0.1) is 6.92 Å². The van der Waals surface area contributed by atoms with Crippen molar-refractivity contribution in [3.8, 4) is 0 Å². The Morgan fingerprint density at radius 2 is 2.00 bits per heavy atom. The zero-order chi connectivity index (χ0) is 17.2. The summed E-state index contributed by atoms with van der Waals surface area (Å²) < 4.78 is 0. The van der Waals surface area contributed by atoms with Gasteiger partial charge in [0.15, 0.2) is 0 Å². The fourth-order valence-corrected chi connectivity index (χ4v) is 3.94. The Hall–Kier alpha value is -0.186. The van der Waals surface area contributed by atoms with Crippen molar-refractivity contribution >= 4 is 23.5 Å². The number of carbonyl (C=O) groups is 2. The molecule has 25 heavy (non-hydrogen) atoms. The molecule has 1 amide bonds. The molecule has 1 heterocycles. The van der Waals surface area contributed by atoms with Crippen LogP contribution in [0.2, 0.25) is 0 Å². The molecule has 1 saturated heterocycles. The number of likely N-dealkylation sites (tertiary alicyclic amines) is 1. The van der Waals surface area contributed by atoms with Crippen LogP contribution in [-0.2, 0) is 48.7 Å². The van der Waals surface area contributed by atoms with E-state index in [-0.39, 0.29) is 50.4 Å². The van der Waals surface area contributed by atoms with E-state index in [0.29, 0.717) is 19.3 Å². The first-order valence-corrected chi connectivity index (χ1v) is 10.1. The summed E-state index contributed by atoms with van der Waals surface area (Å²) in [5.41, 5.74) is 1.07. The van der Waals surface area contributed by atoms with Gasteiger partial charge in [0.1, 0.15) is 5.78 Å². The fraction of sp³-hybridized carbons (Fsp3) is 0.550. The van der Waals surface area contributed by atoms with E-state index in [1.54, 1.807) is 0 Å². The third kappa shape index (κ3) is 8.36. The monoisotopic (exact) mass is 435 g/mol. The summed E-state index contributed by atoms with van der Waals surface area (Å²) in [6.45, 7) is 4.65. The number of benzene rings is 1. The number of nitrogens with zero attached hydrogens (tertiary/aromatic N) is 1. The van der Waals surface area contributed by atoms with E-state index in [4.69, 9.17) is 0 Å². The van der Waals surface area contributed by atoms with Crippen LogP contribution in [0.15, 0.2) is 30.3 Å². The first-order valence-electron chi connectivity index (χ1n) is 8.93. The Labute approximate surface area is 181 Å². The van der Waals surface area contributed by atoms with Crippen LogP contribution in [0.25, 0.3) is 0 Å². The van der Waals surface area contributed by atoms with Crippen molar-refractivity contribution in [3.63, 3.8) is 0 Å². The molecule has 1 atom stereocenters. The molecule has 0 unspecified atom stereocenters. The molecule has 2 rings (SSSR count). The number of carbonyl (C=O) groups excluding carboxylic acids is 2. The van der Waals surface area contributed by atoms with Gasteiger partial charge in [-0.1, -0.05) is 30.3 Å². The van der Waals surface area contributed by atoms with Crippen LogP contribution < -0.4 is 0 Å².